The normalized spacial score (nSPS) is 17.7. The molecule has 4 rings (SSSR count). The number of rotatable bonds is 5. The van der Waals surface area contributed by atoms with Crippen LogP contribution in [-0.4, -0.2) is 65.5 Å². The highest BCUT2D eigenvalue weighted by Gasteiger charge is 2.30. The van der Waals surface area contributed by atoms with Crippen LogP contribution in [0.25, 0.3) is 5.69 Å². The number of likely N-dealkylation sites (tertiary alicyclic amines) is 1. The molecule has 0 aliphatic carbocycles. The highest BCUT2D eigenvalue weighted by atomic mass is 16.6. The molecule has 0 radical (unpaired) electrons. The van der Waals surface area contributed by atoms with Crippen molar-refractivity contribution in [3.8, 4) is 5.69 Å². The molecule has 0 saturated carbocycles. The monoisotopic (exact) mass is 453 g/mol. The third-order valence-electron chi connectivity index (χ3n) is 6.71. The SMILES string of the molecule is CCOC(=O)N1CCC(NC(=O)c2cnn(-c3ccc(C)cc3C)c2C2CCNCC2)CC1. The molecule has 2 aliphatic rings. The molecular formula is C25H35N5O3. The van der Waals surface area contributed by atoms with Gasteiger partial charge in [-0.05, 0) is 71.2 Å². The van der Waals surface area contributed by atoms with Crippen molar-refractivity contribution < 1.29 is 14.3 Å². The molecule has 2 aliphatic heterocycles. The Morgan fingerprint density at radius 3 is 2.55 bits per heavy atom. The van der Waals surface area contributed by atoms with Crippen LogP contribution in [0.2, 0.25) is 0 Å². The molecule has 0 spiro atoms. The molecule has 8 nitrogen and oxygen atoms in total. The summed E-state index contributed by atoms with van der Waals surface area (Å²) < 4.78 is 7.07. The summed E-state index contributed by atoms with van der Waals surface area (Å²) in [5.74, 6) is 0.204. The molecule has 2 saturated heterocycles. The molecule has 0 bridgehead atoms. The van der Waals surface area contributed by atoms with Crippen molar-refractivity contribution >= 4 is 12.0 Å². The van der Waals surface area contributed by atoms with Crippen molar-refractivity contribution in [3.63, 3.8) is 0 Å². The highest BCUT2D eigenvalue weighted by Crippen LogP contribution is 2.31. The first-order chi connectivity index (χ1) is 16.0. The lowest BCUT2D eigenvalue weighted by Crippen LogP contribution is -2.46. The van der Waals surface area contributed by atoms with Gasteiger partial charge in [0.15, 0.2) is 0 Å². The van der Waals surface area contributed by atoms with Crippen LogP contribution in [0.1, 0.15) is 65.7 Å². The number of nitrogens with one attached hydrogen (secondary N) is 2. The van der Waals surface area contributed by atoms with Gasteiger partial charge in [-0.3, -0.25) is 4.79 Å². The molecule has 2 amide bonds. The number of hydrogen-bond donors (Lipinski definition) is 2. The lowest BCUT2D eigenvalue weighted by atomic mass is 9.91. The molecule has 1 aromatic carbocycles. The van der Waals surface area contributed by atoms with E-state index in [0.29, 0.717) is 25.3 Å². The summed E-state index contributed by atoms with van der Waals surface area (Å²) in [5, 5.41) is 11.3. The van der Waals surface area contributed by atoms with Gasteiger partial charge in [-0.2, -0.15) is 5.10 Å². The first kappa shape index (κ1) is 23.3. The number of carbonyl (C=O) groups is 2. The zero-order chi connectivity index (χ0) is 23.4. The quantitative estimate of drug-likeness (QED) is 0.725. The van der Waals surface area contributed by atoms with E-state index in [1.54, 1.807) is 11.1 Å². The number of aryl methyl sites for hydroxylation is 2. The molecule has 2 fully saturated rings. The molecule has 2 aromatic rings. The van der Waals surface area contributed by atoms with E-state index in [0.717, 1.165) is 55.7 Å². The van der Waals surface area contributed by atoms with Crippen molar-refractivity contribution in [2.75, 3.05) is 32.8 Å². The van der Waals surface area contributed by atoms with Gasteiger partial charge in [0.25, 0.3) is 5.91 Å². The maximum absolute atomic E-state index is 13.4. The van der Waals surface area contributed by atoms with E-state index in [4.69, 9.17) is 4.74 Å². The van der Waals surface area contributed by atoms with E-state index in [9.17, 15) is 9.59 Å². The summed E-state index contributed by atoms with van der Waals surface area (Å²) in [6.45, 7) is 9.42. The van der Waals surface area contributed by atoms with E-state index in [-0.39, 0.29) is 24.0 Å². The number of amides is 2. The Labute approximate surface area is 195 Å². The minimum Gasteiger partial charge on any atom is -0.450 e. The van der Waals surface area contributed by atoms with Gasteiger partial charge >= 0.3 is 6.09 Å². The summed E-state index contributed by atoms with van der Waals surface area (Å²) in [6, 6.07) is 6.37. The Balaban J connectivity index is 1.54. The molecule has 3 heterocycles. The van der Waals surface area contributed by atoms with Crippen LogP contribution >= 0.6 is 0 Å². The minimum atomic E-state index is -0.273. The molecule has 33 heavy (non-hydrogen) atoms. The van der Waals surface area contributed by atoms with Gasteiger partial charge < -0.3 is 20.3 Å². The van der Waals surface area contributed by atoms with Crippen molar-refractivity contribution in [2.45, 2.75) is 58.4 Å². The number of piperidine rings is 2. The van der Waals surface area contributed by atoms with Gasteiger partial charge in [0.2, 0.25) is 0 Å². The Bertz CT molecular complexity index is 988. The van der Waals surface area contributed by atoms with Crippen molar-refractivity contribution in [1.82, 2.24) is 25.3 Å². The maximum atomic E-state index is 13.4. The smallest absolute Gasteiger partial charge is 0.409 e. The average molecular weight is 454 g/mol. The molecule has 0 atom stereocenters. The second-order valence-electron chi connectivity index (χ2n) is 9.10. The molecule has 1 aromatic heterocycles. The number of benzene rings is 1. The van der Waals surface area contributed by atoms with Gasteiger partial charge in [-0.25, -0.2) is 9.48 Å². The molecule has 0 unspecified atom stereocenters. The third-order valence-corrected chi connectivity index (χ3v) is 6.71. The van der Waals surface area contributed by atoms with Gasteiger partial charge in [0, 0.05) is 25.0 Å². The maximum Gasteiger partial charge on any atom is 0.409 e. The zero-order valence-corrected chi connectivity index (χ0v) is 19.9. The minimum absolute atomic E-state index is 0.0357. The number of nitrogens with zero attached hydrogens (tertiary/aromatic N) is 3. The fraction of sp³-hybridized carbons (Fsp3) is 0.560. The van der Waals surface area contributed by atoms with E-state index < -0.39 is 0 Å². The first-order valence-electron chi connectivity index (χ1n) is 12.1. The van der Waals surface area contributed by atoms with Crippen molar-refractivity contribution in [2.24, 2.45) is 0 Å². The first-order valence-corrected chi connectivity index (χ1v) is 12.1. The Kier molecular flexibility index (Phi) is 7.33. The standard InChI is InChI=1S/C25H35N5O3/c1-4-33-25(32)29-13-9-20(10-14-29)28-24(31)21-16-27-30(22-6-5-17(2)15-18(22)3)23(21)19-7-11-26-12-8-19/h5-6,15-16,19-20,26H,4,7-14H2,1-3H3,(H,28,31). The lowest BCUT2D eigenvalue weighted by molar-refractivity contribution is 0.0859. The predicted molar refractivity (Wildman–Crippen MR) is 127 cm³/mol. The molecule has 178 valence electrons. The number of carbonyl (C=O) groups excluding carboxylic acids is 2. The third kappa shape index (κ3) is 5.21. The van der Waals surface area contributed by atoms with Crippen LogP contribution in [0, 0.1) is 13.8 Å². The lowest BCUT2D eigenvalue weighted by Gasteiger charge is -2.31. The summed E-state index contributed by atoms with van der Waals surface area (Å²) >= 11 is 0. The van der Waals surface area contributed by atoms with Gasteiger partial charge in [0.1, 0.15) is 0 Å². The largest absolute Gasteiger partial charge is 0.450 e. The van der Waals surface area contributed by atoms with Crippen LogP contribution in [0.15, 0.2) is 24.4 Å². The summed E-state index contributed by atoms with van der Waals surface area (Å²) in [4.78, 5) is 27.1. The zero-order valence-electron chi connectivity index (χ0n) is 19.9. The Morgan fingerprint density at radius 2 is 1.88 bits per heavy atom. The van der Waals surface area contributed by atoms with E-state index >= 15 is 0 Å². The van der Waals surface area contributed by atoms with E-state index in [1.165, 1.54) is 5.56 Å². The Morgan fingerprint density at radius 1 is 1.15 bits per heavy atom. The van der Waals surface area contributed by atoms with E-state index in [1.807, 2.05) is 11.6 Å². The molecule has 8 heteroatoms. The topological polar surface area (TPSA) is 88.5 Å². The summed E-state index contributed by atoms with van der Waals surface area (Å²) in [5.41, 5.74) is 5.04. The van der Waals surface area contributed by atoms with Gasteiger partial charge in [-0.15, -0.1) is 0 Å². The van der Waals surface area contributed by atoms with Crippen molar-refractivity contribution in [1.29, 1.82) is 0 Å². The van der Waals surface area contributed by atoms with Gasteiger partial charge in [0.05, 0.1) is 29.7 Å². The fourth-order valence-electron chi connectivity index (χ4n) is 4.94. The second kappa shape index (κ2) is 10.4. The number of aromatic nitrogens is 2. The van der Waals surface area contributed by atoms with Crippen LogP contribution in [0.5, 0.6) is 0 Å². The highest BCUT2D eigenvalue weighted by molar-refractivity contribution is 5.95. The van der Waals surface area contributed by atoms with E-state index in [2.05, 4.69) is 47.8 Å². The summed E-state index contributed by atoms with van der Waals surface area (Å²) in [6.07, 6.45) is 4.85. The molecular weight excluding hydrogens is 418 g/mol. The Hall–Kier alpha value is -2.87. The number of hydrogen-bond acceptors (Lipinski definition) is 5. The van der Waals surface area contributed by atoms with Crippen molar-refractivity contribution in [3.05, 3.63) is 46.8 Å². The number of ether oxygens (including phenoxy) is 1. The van der Waals surface area contributed by atoms with Crippen LogP contribution in [0.4, 0.5) is 4.79 Å². The van der Waals surface area contributed by atoms with Crippen LogP contribution in [0.3, 0.4) is 0 Å². The molecule has 2 N–H and O–H groups in total. The second-order valence-corrected chi connectivity index (χ2v) is 9.10. The van der Waals surface area contributed by atoms with Crippen LogP contribution in [-0.2, 0) is 4.74 Å². The van der Waals surface area contributed by atoms with Crippen LogP contribution < -0.4 is 10.6 Å². The van der Waals surface area contributed by atoms with Gasteiger partial charge in [-0.1, -0.05) is 17.7 Å². The predicted octanol–water partition coefficient (Wildman–Crippen LogP) is 3.31. The fourth-order valence-corrected chi connectivity index (χ4v) is 4.94. The summed E-state index contributed by atoms with van der Waals surface area (Å²) in [7, 11) is 0. The average Bonchev–Trinajstić information content (AvgIpc) is 3.25.